The minimum absolute atomic E-state index is 0.0700. The molecule has 6 nitrogen and oxygen atoms in total. The number of carbonyl (C=O) groups excluding carboxylic acids is 1. The summed E-state index contributed by atoms with van der Waals surface area (Å²) >= 11 is 0. The lowest BCUT2D eigenvalue weighted by atomic mass is 10.1. The first kappa shape index (κ1) is 15.1. The van der Waals surface area contributed by atoms with Crippen molar-refractivity contribution in [2.45, 2.75) is 45.3 Å². The summed E-state index contributed by atoms with van der Waals surface area (Å²) in [6.45, 7) is 6.06. The molecule has 1 saturated heterocycles. The van der Waals surface area contributed by atoms with Gasteiger partial charge >= 0.3 is 6.09 Å². The third kappa shape index (κ3) is 3.43. The van der Waals surface area contributed by atoms with Gasteiger partial charge in [0.05, 0.1) is 6.04 Å². The van der Waals surface area contributed by atoms with Crippen LogP contribution in [0.3, 0.4) is 0 Å². The van der Waals surface area contributed by atoms with Crippen molar-refractivity contribution >= 4 is 6.09 Å². The van der Waals surface area contributed by atoms with E-state index >= 15 is 0 Å². The highest BCUT2D eigenvalue weighted by Crippen LogP contribution is 2.31. The van der Waals surface area contributed by atoms with Gasteiger partial charge in [-0.1, -0.05) is 0 Å². The second kappa shape index (κ2) is 5.60. The number of amides is 1. The third-order valence-electron chi connectivity index (χ3n) is 3.29. The Labute approximate surface area is 123 Å². The number of nitrogens with one attached hydrogen (secondary N) is 1. The van der Waals surface area contributed by atoms with Gasteiger partial charge in [-0.3, -0.25) is 9.69 Å². The van der Waals surface area contributed by atoms with Gasteiger partial charge < -0.3 is 9.72 Å². The Bertz CT molecular complexity index is 637. The molecule has 1 aliphatic rings. The van der Waals surface area contributed by atoms with E-state index in [1.165, 1.54) is 6.07 Å². The van der Waals surface area contributed by atoms with Gasteiger partial charge in [0.25, 0.3) is 5.56 Å². The van der Waals surface area contributed by atoms with Crippen LogP contribution in [-0.2, 0) is 4.74 Å². The first-order valence-electron chi connectivity index (χ1n) is 6.95. The molecule has 1 aromatic rings. The second-order valence-electron chi connectivity index (χ2n) is 6.10. The molecule has 1 aliphatic heterocycles. The largest absolute Gasteiger partial charge is 0.444 e. The van der Waals surface area contributed by atoms with Crippen LogP contribution in [0.1, 0.15) is 50.9 Å². The molecule has 1 fully saturated rings. The maximum absolute atomic E-state index is 12.2. The van der Waals surface area contributed by atoms with Gasteiger partial charge in [0.2, 0.25) is 0 Å². The van der Waals surface area contributed by atoms with Crippen molar-refractivity contribution in [3.8, 4) is 6.07 Å². The lowest BCUT2D eigenvalue weighted by Gasteiger charge is -2.28. The number of aromatic nitrogens is 1. The van der Waals surface area contributed by atoms with Gasteiger partial charge in [-0.05, 0) is 45.7 Å². The normalized spacial score (nSPS) is 18.4. The number of likely N-dealkylation sites (tertiary alicyclic amines) is 1. The van der Waals surface area contributed by atoms with Crippen LogP contribution in [0, 0.1) is 11.3 Å². The fraction of sp³-hybridized carbons (Fsp3) is 0.533. The molecule has 2 rings (SSSR count). The van der Waals surface area contributed by atoms with Crippen LogP contribution in [0.15, 0.2) is 16.9 Å². The zero-order valence-corrected chi connectivity index (χ0v) is 12.5. The van der Waals surface area contributed by atoms with Crippen LogP contribution >= 0.6 is 0 Å². The first-order chi connectivity index (χ1) is 9.81. The molecule has 0 aliphatic carbocycles. The third-order valence-corrected chi connectivity index (χ3v) is 3.29. The number of pyridine rings is 1. The van der Waals surface area contributed by atoms with Crippen LogP contribution in [0.25, 0.3) is 0 Å². The van der Waals surface area contributed by atoms with E-state index in [-0.39, 0.29) is 17.7 Å². The highest BCUT2D eigenvalue weighted by Gasteiger charge is 2.33. The highest BCUT2D eigenvalue weighted by atomic mass is 16.6. The molecule has 0 aromatic carbocycles. The van der Waals surface area contributed by atoms with Crippen molar-refractivity contribution in [2.24, 2.45) is 0 Å². The molecule has 0 bridgehead atoms. The quantitative estimate of drug-likeness (QED) is 0.859. The van der Waals surface area contributed by atoms with Crippen molar-refractivity contribution in [3.05, 3.63) is 33.7 Å². The zero-order valence-electron chi connectivity index (χ0n) is 12.5. The number of nitriles is 1. The Balaban J connectivity index is 2.23. The summed E-state index contributed by atoms with van der Waals surface area (Å²) in [4.78, 5) is 28.2. The van der Waals surface area contributed by atoms with Crippen LogP contribution in [-0.4, -0.2) is 28.1 Å². The van der Waals surface area contributed by atoms with Crippen LogP contribution < -0.4 is 5.56 Å². The van der Waals surface area contributed by atoms with Crippen LogP contribution in [0.5, 0.6) is 0 Å². The predicted molar refractivity (Wildman–Crippen MR) is 76.7 cm³/mol. The van der Waals surface area contributed by atoms with E-state index in [2.05, 4.69) is 4.98 Å². The molecular weight excluding hydrogens is 270 g/mol. The molecule has 0 saturated carbocycles. The zero-order chi connectivity index (χ0) is 15.6. The van der Waals surface area contributed by atoms with Gasteiger partial charge in [0.15, 0.2) is 0 Å². The number of hydrogen-bond acceptors (Lipinski definition) is 4. The minimum atomic E-state index is -0.553. The van der Waals surface area contributed by atoms with Crippen molar-refractivity contribution in [3.63, 3.8) is 0 Å². The number of ether oxygens (including phenoxy) is 1. The van der Waals surface area contributed by atoms with Gasteiger partial charge in [-0.25, -0.2) is 4.79 Å². The number of carbonyl (C=O) groups is 1. The molecular formula is C15H19N3O3. The standard InChI is InChI=1S/C15H19N3O3/c1-15(2,3)21-14(20)18-8-4-5-12(18)11-7-6-10(9-16)13(19)17-11/h6-7,12H,4-5,8H2,1-3H3,(H,17,19). The number of aromatic amines is 1. The minimum Gasteiger partial charge on any atom is -0.444 e. The number of nitrogens with zero attached hydrogens (tertiary/aromatic N) is 2. The summed E-state index contributed by atoms with van der Waals surface area (Å²) in [5.41, 5.74) is -0.267. The molecule has 1 N–H and O–H groups in total. The molecule has 0 radical (unpaired) electrons. The van der Waals surface area contributed by atoms with E-state index in [4.69, 9.17) is 10.00 Å². The Morgan fingerprint density at radius 2 is 2.19 bits per heavy atom. The molecule has 6 heteroatoms. The highest BCUT2D eigenvalue weighted by molar-refractivity contribution is 5.69. The van der Waals surface area contributed by atoms with E-state index in [0.717, 1.165) is 12.8 Å². The van der Waals surface area contributed by atoms with Crippen molar-refractivity contribution < 1.29 is 9.53 Å². The average Bonchev–Trinajstić information content (AvgIpc) is 2.85. The SMILES string of the molecule is CC(C)(C)OC(=O)N1CCCC1c1ccc(C#N)c(=O)[nH]1. The van der Waals surface area contributed by atoms with Crippen molar-refractivity contribution in [1.29, 1.82) is 5.26 Å². The topological polar surface area (TPSA) is 86.2 Å². The monoisotopic (exact) mass is 289 g/mol. The number of H-pyrrole nitrogens is 1. The fourth-order valence-corrected chi connectivity index (χ4v) is 2.40. The predicted octanol–water partition coefficient (Wildman–Crippen LogP) is 2.32. The molecule has 1 atom stereocenters. The molecule has 0 spiro atoms. The molecule has 1 amide bonds. The summed E-state index contributed by atoms with van der Waals surface area (Å²) in [7, 11) is 0. The maximum Gasteiger partial charge on any atom is 0.410 e. The number of hydrogen-bond donors (Lipinski definition) is 1. The van der Waals surface area contributed by atoms with E-state index in [1.807, 2.05) is 26.8 Å². The Morgan fingerprint density at radius 1 is 1.48 bits per heavy atom. The van der Waals surface area contributed by atoms with Crippen LogP contribution in [0.4, 0.5) is 4.79 Å². The first-order valence-corrected chi connectivity index (χ1v) is 6.95. The Morgan fingerprint density at radius 3 is 2.76 bits per heavy atom. The summed E-state index contributed by atoms with van der Waals surface area (Å²) in [5, 5.41) is 8.79. The summed E-state index contributed by atoms with van der Waals surface area (Å²) < 4.78 is 5.39. The van der Waals surface area contributed by atoms with E-state index < -0.39 is 11.2 Å². The molecule has 1 unspecified atom stereocenters. The lowest BCUT2D eigenvalue weighted by Crippen LogP contribution is -2.37. The Hall–Kier alpha value is -2.29. The summed E-state index contributed by atoms with van der Waals surface area (Å²) in [5.74, 6) is 0. The smallest absolute Gasteiger partial charge is 0.410 e. The van der Waals surface area contributed by atoms with Gasteiger partial charge in [0.1, 0.15) is 17.2 Å². The van der Waals surface area contributed by atoms with E-state index in [9.17, 15) is 9.59 Å². The molecule has 2 heterocycles. The molecule has 112 valence electrons. The van der Waals surface area contributed by atoms with E-state index in [0.29, 0.717) is 12.2 Å². The van der Waals surface area contributed by atoms with Gasteiger partial charge in [-0.15, -0.1) is 0 Å². The van der Waals surface area contributed by atoms with Gasteiger partial charge in [0, 0.05) is 12.2 Å². The second-order valence-corrected chi connectivity index (χ2v) is 6.10. The number of rotatable bonds is 1. The molecule has 1 aromatic heterocycles. The average molecular weight is 289 g/mol. The molecule has 21 heavy (non-hydrogen) atoms. The fourth-order valence-electron chi connectivity index (χ4n) is 2.40. The summed E-state index contributed by atoms with van der Waals surface area (Å²) in [6.07, 6.45) is 1.24. The Kier molecular flexibility index (Phi) is 4.03. The van der Waals surface area contributed by atoms with Crippen molar-refractivity contribution in [2.75, 3.05) is 6.54 Å². The summed E-state index contributed by atoms with van der Waals surface area (Å²) in [6, 6.07) is 4.79. The maximum atomic E-state index is 12.2. The van der Waals surface area contributed by atoms with Crippen LogP contribution in [0.2, 0.25) is 0 Å². The lowest BCUT2D eigenvalue weighted by molar-refractivity contribution is 0.0221. The van der Waals surface area contributed by atoms with Gasteiger partial charge in [-0.2, -0.15) is 5.26 Å². The van der Waals surface area contributed by atoms with E-state index in [1.54, 1.807) is 11.0 Å². The van der Waals surface area contributed by atoms with Crippen molar-refractivity contribution in [1.82, 2.24) is 9.88 Å².